The van der Waals surface area contributed by atoms with E-state index < -0.39 is 0 Å². The van der Waals surface area contributed by atoms with E-state index in [-0.39, 0.29) is 6.10 Å². The second kappa shape index (κ2) is 7.26. The second-order valence-corrected chi connectivity index (χ2v) is 7.87. The normalized spacial score (nSPS) is 30.0. The minimum absolute atomic E-state index is 0.0677. The van der Waals surface area contributed by atoms with E-state index in [2.05, 4.69) is 28.7 Å². The topological polar surface area (TPSA) is 23.5 Å². The molecule has 1 aromatic heterocycles. The number of aliphatic hydroxyl groups is 1. The minimum atomic E-state index is -0.0677. The Morgan fingerprint density at radius 2 is 2.14 bits per heavy atom. The van der Waals surface area contributed by atoms with Crippen LogP contribution in [0.25, 0.3) is 0 Å². The summed E-state index contributed by atoms with van der Waals surface area (Å²) in [7, 11) is 0. The molecule has 0 bridgehead atoms. The van der Waals surface area contributed by atoms with Crippen molar-refractivity contribution in [1.29, 1.82) is 0 Å². The lowest BCUT2D eigenvalue weighted by Gasteiger charge is -2.36. The summed E-state index contributed by atoms with van der Waals surface area (Å²) < 4.78 is 0. The van der Waals surface area contributed by atoms with Crippen molar-refractivity contribution in [2.75, 3.05) is 6.54 Å². The quantitative estimate of drug-likeness (QED) is 0.812. The first-order valence-electron chi connectivity index (χ1n) is 8.69. The van der Waals surface area contributed by atoms with E-state index in [1.807, 2.05) is 0 Å². The van der Waals surface area contributed by atoms with Gasteiger partial charge in [0.2, 0.25) is 0 Å². The third-order valence-corrected chi connectivity index (χ3v) is 5.98. The molecule has 2 saturated carbocycles. The number of hydrogen-bond donors (Lipinski definition) is 1. The van der Waals surface area contributed by atoms with Crippen LogP contribution in [0.5, 0.6) is 0 Å². The fourth-order valence-electron chi connectivity index (χ4n) is 3.91. The van der Waals surface area contributed by atoms with Gasteiger partial charge in [0.25, 0.3) is 0 Å². The zero-order chi connectivity index (χ0) is 14.7. The molecule has 1 aromatic rings. The molecule has 0 aromatic carbocycles. The highest BCUT2D eigenvalue weighted by atomic mass is 32.1. The van der Waals surface area contributed by atoms with Gasteiger partial charge in [0.05, 0.1) is 6.10 Å². The van der Waals surface area contributed by atoms with Crippen LogP contribution in [-0.2, 0) is 6.54 Å². The molecule has 2 fully saturated rings. The average molecular weight is 308 g/mol. The molecule has 1 N–H and O–H groups in total. The summed E-state index contributed by atoms with van der Waals surface area (Å²) in [5.74, 6) is 1.35. The van der Waals surface area contributed by atoms with Crippen molar-refractivity contribution < 1.29 is 5.11 Å². The Hall–Kier alpha value is -0.380. The third-order valence-electron chi connectivity index (χ3n) is 5.25. The Bertz CT molecular complexity index is 415. The average Bonchev–Trinajstić information content (AvgIpc) is 3.20. The standard InChI is InChI=1S/C18H29NOS/c1-2-3-14-4-7-18(20)16(10-14)12-19(17-5-6-17)11-15-8-9-21-13-15/h8-9,13-14,16-18,20H,2-7,10-12H2,1H3. The Balaban J connectivity index is 1.58. The minimum Gasteiger partial charge on any atom is -0.393 e. The zero-order valence-corrected chi connectivity index (χ0v) is 14.0. The Labute approximate surface area is 133 Å². The highest BCUT2D eigenvalue weighted by molar-refractivity contribution is 7.07. The van der Waals surface area contributed by atoms with Gasteiger partial charge in [-0.2, -0.15) is 11.3 Å². The molecule has 21 heavy (non-hydrogen) atoms. The molecule has 118 valence electrons. The summed E-state index contributed by atoms with van der Waals surface area (Å²) in [4.78, 5) is 2.64. The number of hydrogen-bond acceptors (Lipinski definition) is 3. The number of rotatable bonds is 7. The van der Waals surface area contributed by atoms with E-state index in [4.69, 9.17) is 0 Å². The molecule has 0 saturated heterocycles. The summed E-state index contributed by atoms with van der Waals surface area (Å²) >= 11 is 1.79. The summed E-state index contributed by atoms with van der Waals surface area (Å²) in [6, 6.07) is 3.03. The second-order valence-electron chi connectivity index (χ2n) is 7.09. The molecular formula is C18H29NOS. The molecule has 3 atom stereocenters. The van der Waals surface area contributed by atoms with Gasteiger partial charge in [-0.15, -0.1) is 0 Å². The van der Waals surface area contributed by atoms with Crippen molar-refractivity contribution in [3.8, 4) is 0 Å². The van der Waals surface area contributed by atoms with Crippen LogP contribution in [0.4, 0.5) is 0 Å². The van der Waals surface area contributed by atoms with Crippen LogP contribution in [0.2, 0.25) is 0 Å². The lowest BCUT2D eigenvalue weighted by atomic mass is 9.77. The molecule has 3 unspecified atom stereocenters. The Morgan fingerprint density at radius 3 is 2.81 bits per heavy atom. The van der Waals surface area contributed by atoms with E-state index in [1.165, 1.54) is 44.1 Å². The van der Waals surface area contributed by atoms with Crippen molar-refractivity contribution in [2.45, 2.75) is 70.6 Å². The van der Waals surface area contributed by atoms with Gasteiger partial charge in [-0.25, -0.2) is 0 Å². The van der Waals surface area contributed by atoms with Gasteiger partial charge in [-0.1, -0.05) is 19.8 Å². The molecular weight excluding hydrogens is 278 g/mol. The molecule has 2 nitrogen and oxygen atoms in total. The fourth-order valence-corrected chi connectivity index (χ4v) is 4.57. The molecule has 0 aliphatic heterocycles. The maximum atomic E-state index is 10.4. The summed E-state index contributed by atoms with van der Waals surface area (Å²) in [5.41, 5.74) is 1.45. The molecule has 2 aliphatic carbocycles. The smallest absolute Gasteiger partial charge is 0.0580 e. The molecule has 1 heterocycles. The van der Waals surface area contributed by atoms with Crippen LogP contribution in [-0.4, -0.2) is 28.7 Å². The maximum Gasteiger partial charge on any atom is 0.0580 e. The van der Waals surface area contributed by atoms with Crippen molar-refractivity contribution in [3.63, 3.8) is 0 Å². The molecule has 3 heteroatoms. The van der Waals surface area contributed by atoms with Gasteiger partial charge in [0, 0.05) is 19.1 Å². The number of aliphatic hydroxyl groups excluding tert-OH is 1. The van der Waals surface area contributed by atoms with Crippen molar-refractivity contribution in [3.05, 3.63) is 22.4 Å². The van der Waals surface area contributed by atoms with Crippen molar-refractivity contribution in [2.24, 2.45) is 11.8 Å². The van der Waals surface area contributed by atoms with Crippen LogP contribution < -0.4 is 0 Å². The van der Waals surface area contributed by atoms with Crippen LogP contribution in [0.15, 0.2) is 16.8 Å². The molecule has 0 amide bonds. The van der Waals surface area contributed by atoms with E-state index in [0.717, 1.165) is 31.5 Å². The predicted molar refractivity (Wildman–Crippen MR) is 89.5 cm³/mol. The van der Waals surface area contributed by atoms with E-state index in [0.29, 0.717) is 5.92 Å². The number of nitrogens with zero attached hydrogens (tertiary/aromatic N) is 1. The highest BCUT2D eigenvalue weighted by Crippen LogP contribution is 2.36. The van der Waals surface area contributed by atoms with Crippen molar-refractivity contribution >= 4 is 11.3 Å². The van der Waals surface area contributed by atoms with Gasteiger partial charge in [0.15, 0.2) is 0 Å². The molecule has 2 aliphatic rings. The summed E-state index contributed by atoms with van der Waals surface area (Å²) in [6.45, 7) is 4.46. The summed E-state index contributed by atoms with van der Waals surface area (Å²) in [6.07, 6.45) is 8.76. The first kappa shape index (κ1) is 15.5. The SMILES string of the molecule is CCCC1CCC(O)C(CN(Cc2ccsc2)C2CC2)C1. The van der Waals surface area contributed by atoms with Gasteiger partial charge in [0.1, 0.15) is 0 Å². The van der Waals surface area contributed by atoms with Gasteiger partial charge < -0.3 is 5.11 Å². The van der Waals surface area contributed by atoms with E-state index in [9.17, 15) is 5.11 Å². The van der Waals surface area contributed by atoms with E-state index >= 15 is 0 Å². The monoisotopic (exact) mass is 307 g/mol. The van der Waals surface area contributed by atoms with E-state index in [1.54, 1.807) is 11.3 Å². The van der Waals surface area contributed by atoms with Gasteiger partial charge in [-0.05, 0) is 66.3 Å². The lowest BCUT2D eigenvalue weighted by molar-refractivity contribution is 0.0226. The van der Waals surface area contributed by atoms with Gasteiger partial charge in [-0.3, -0.25) is 4.90 Å². The first-order valence-corrected chi connectivity index (χ1v) is 9.63. The van der Waals surface area contributed by atoms with Crippen LogP contribution in [0, 0.1) is 11.8 Å². The summed E-state index contributed by atoms with van der Waals surface area (Å²) in [5, 5.41) is 14.9. The zero-order valence-electron chi connectivity index (χ0n) is 13.2. The largest absolute Gasteiger partial charge is 0.393 e. The van der Waals surface area contributed by atoms with Crippen LogP contribution in [0.3, 0.4) is 0 Å². The lowest BCUT2D eigenvalue weighted by Crippen LogP contribution is -2.39. The Kier molecular flexibility index (Phi) is 5.36. The van der Waals surface area contributed by atoms with Crippen LogP contribution in [0.1, 0.15) is 57.4 Å². The maximum absolute atomic E-state index is 10.4. The molecule has 3 rings (SSSR count). The number of thiophene rings is 1. The van der Waals surface area contributed by atoms with Crippen LogP contribution >= 0.6 is 11.3 Å². The predicted octanol–water partition coefficient (Wildman–Crippen LogP) is 4.29. The van der Waals surface area contributed by atoms with Crippen molar-refractivity contribution in [1.82, 2.24) is 4.90 Å². The van der Waals surface area contributed by atoms with Gasteiger partial charge >= 0.3 is 0 Å². The molecule has 0 radical (unpaired) electrons. The third kappa shape index (κ3) is 4.30. The highest BCUT2D eigenvalue weighted by Gasteiger charge is 2.35. The first-order chi connectivity index (χ1) is 10.3. The Morgan fingerprint density at radius 1 is 1.29 bits per heavy atom. The fraction of sp³-hybridized carbons (Fsp3) is 0.778. The molecule has 0 spiro atoms.